The van der Waals surface area contributed by atoms with Gasteiger partial charge in [-0.15, -0.1) is 11.3 Å². The SMILES string of the molecule is CC(C)N(C)S(=O)(=O)c1cc(C(=O)O)cs1. The first-order valence-electron chi connectivity index (χ1n) is 4.56. The second-order valence-corrected chi connectivity index (χ2v) is 6.71. The average molecular weight is 263 g/mol. The van der Waals surface area contributed by atoms with Gasteiger partial charge in [-0.1, -0.05) is 0 Å². The minimum Gasteiger partial charge on any atom is -0.478 e. The maximum atomic E-state index is 12.0. The van der Waals surface area contributed by atoms with E-state index >= 15 is 0 Å². The predicted molar refractivity (Wildman–Crippen MR) is 61.4 cm³/mol. The Hall–Kier alpha value is -0.920. The molecule has 90 valence electrons. The summed E-state index contributed by atoms with van der Waals surface area (Å²) < 4.78 is 25.2. The number of thiophene rings is 1. The van der Waals surface area contributed by atoms with Crippen molar-refractivity contribution in [3.8, 4) is 0 Å². The second kappa shape index (κ2) is 4.52. The summed E-state index contributed by atoms with van der Waals surface area (Å²) >= 11 is 0.920. The number of aromatic carboxylic acids is 1. The Balaban J connectivity index is 3.13. The Morgan fingerprint density at radius 3 is 2.44 bits per heavy atom. The first-order chi connectivity index (χ1) is 7.26. The van der Waals surface area contributed by atoms with Crippen molar-refractivity contribution in [3.63, 3.8) is 0 Å². The molecule has 16 heavy (non-hydrogen) atoms. The predicted octanol–water partition coefficient (Wildman–Crippen LogP) is 1.48. The lowest BCUT2D eigenvalue weighted by molar-refractivity contribution is 0.0697. The zero-order valence-electron chi connectivity index (χ0n) is 9.17. The largest absolute Gasteiger partial charge is 0.478 e. The van der Waals surface area contributed by atoms with Crippen molar-refractivity contribution in [1.82, 2.24) is 4.31 Å². The van der Waals surface area contributed by atoms with Crippen molar-refractivity contribution in [1.29, 1.82) is 0 Å². The van der Waals surface area contributed by atoms with Gasteiger partial charge in [0.25, 0.3) is 10.0 Å². The van der Waals surface area contributed by atoms with E-state index < -0.39 is 16.0 Å². The number of carboxylic acid groups (broad SMARTS) is 1. The molecule has 0 aromatic carbocycles. The van der Waals surface area contributed by atoms with Gasteiger partial charge in [-0.25, -0.2) is 13.2 Å². The molecule has 0 atom stereocenters. The van der Waals surface area contributed by atoms with Crippen LogP contribution in [0.15, 0.2) is 15.7 Å². The Bertz CT molecular complexity index is 489. The molecule has 0 amide bonds. The summed E-state index contributed by atoms with van der Waals surface area (Å²) in [6.07, 6.45) is 0. The van der Waals surface area contributed by atoms with Crippen LogP contribution >= 0.6 is 11.3 Å². The molecular weight excluding hydrogens is 250 g/mol. The van der Waals surface area contributed by atoms with Crippen LogP contribution in [0.5, 0.6) is 0 Å². The summed E-state index contributed by atoms with van der Waals surface area (Å²) in [5.74, 6) is -1.12. The molecule has 5 nitrogen and oxygen atoms in total. The number of hydrogen-bond donors (Lipinski definition) is 1. The van der Waals surface area contributed by atoms with Crippen LogP contribution in [0.25, 0.3) is 0 Å². The van der Waals surface area contributed by atoms with Gasteiger partial charge >= 0.3 is 5.97 Å². The van der Waals surface area contributed by atoms with Crippen LogP contribution in [0.4, 0.5) is 0 Å². The van der Waals surface area contributed by atoms with Crippen molar-refractivity contribution in [3.05, 3.63) is 17.0 Å². The normalized spacial score (nSPS) is 12.3. The maximum absolute atomic E-state index is 12.0. The van der Waals surface area contributed by atoms with Crippen LogP contribution in [-0.2, 0) is 10.0 Å². The van der Waals surface area contributed by atoms with Gasteiger partial charge in [-0.3, -0.25) is 0 Å². The van der Waals surface area contributed by atoms with Crippen molar-refractivity contribution < 1.29 is 18.3 Å². The number of nitrogens with zero attached hydrogens (tertiary/aromatic N) is 1. The molecule has 0 unspecified atom stereocenters. The molecule has 0 aliphatic heterocycles. The third-order valence-corrected chi connectivity index (χ3v) is 5.63. The molecule has 1 rings (SSSR count). The number of rotatable bonds is 4. The minimum atomic E-state index is -3.56. The number of carboxylic acids is 1. The molecule has 7 heteroatoms. The molecule has 1 heterocycles. The Morgan fingerprint density at radius 1 is 1.50 bits per heavy atom. The summed E-state index contributed by atoms with van der Waals surface area (Å²) in [5.41, 5.74) is 0.000677. The van der Waals surface area contributed by atoms with E-state index in [1.807, 2.05) is 0 Å². The van der Waals surface area contributed by atoms with Crippen LogP contribution in [0, 0.1) is 0 Å². The fourth-order valence-corrected chi connectivity index (χ4v) is 3.69. The van der Waals surface area contributed by atoms with E-state index in [2.05, 4.69) is 0 Å². The lowest BCUT2D eigenvalue weighted by Crippen LogP contribution is -2.32. The third kappa shape index (κ3) is 2.42. The smallest absolute Gasteiger partial charge is 0.336 e. The van der Waals surface area contributed by atoms with Gasteiger partial charge in [0.15, 0.2) is 0 Å². The van der Waals surface area contributed by atoms with E-state index in [9.17, 15) is 13.2 Å². The summed E-state index contributed by atoms with van der Waals surface area (Å²) in [7, 11) is -2.09. The number of carbonyl (C=O) groups is 1. The minimum absolute atomic E-state index is 0.000677. The summed E-state index contributed by atoms with van der Waals surface area (Å²) in [6, 6.07) is 1.02. The van der Waals surface area contributed by atoms with Crippen molar-refractivity contribution in [2.75, 3.05) is 7.05 Å². The van der Waals surface area contributed by atoms with Crippen LogP contribution in [0.2, 0.25) is 0 Å². The fourth-order valence-electron chi connectivity index (χ4n) is 0.983. The Kier molecular flexibility index (Phi) is 3.72. The highest BCUT2D eigenvalue weighted by atomic mass is 32.2. The first-order valence-corrected chi connectivity index (χ1v) is 6.88. The van der Waals surface area contributed by atoms with Crippen molar-refractivity contribution >= 4 is 27.3 Å². The molecular formula is C9H13NO4S2. The molecule has 1 aromatic heterocycles. The van der Waals surface area contributed by atoms with Crippen LogP contribution in [0.3, 0.4) is 0 Å². The fraction of sp³-hybridized carbons (Fsp3) is 0.444. The van der Waals surface area contributed by atoms with Gasteiger partial charge in [0, 0.05) is 18.5 Å². The molecule has 0 aliphatic rings. The molecule has 0 bridgehead atoms. The lowest BCUT2D eigenvalue weighted by Gasteiger charge is -2.19. The maximum Gasteiger partial charge on any atom is 0.336 e. The van der Waals surface area contributed by atoms with Crippen LogP contribution in [0.1, 0.15) is 24.2 Å². The van der Waals surface area contributed by atoms with Crippen LogP contribution < -0.4 is 0 Å². The highest BCUT2D eigenvalue weighted by Crippen LogP contribution is 2.24. The standard InChI is InChI=1S/C9H13NO4S2/c1-6(2)10(3)16(13,14)8-4-7(5-15-8)9(11)12/h4-6H,1-3H3,(H,11,12). The summed E-state index contributed by atoms with van der Waals surface area (Å²) in [5, 5.41) is 10.0. The quantitative estimate of drug-likeness (QED) is 0.892. The molecule has 1 N–H and O–H groups in total. The summed E-state index contributed by atoms with van der Waals surface area (Å²) in [6.45, 7) is 3.51. The topological polar surface area (TPSA) is 74.7 Å². The lowest BCUT2D eigenvalue weighted by atomic mass is 10.4. The Morgan fingerprint density at radius 2 is 2.06 bits per heavy atom. The van der Waals surface area contributed by atoms with E-state index in [4.69, 9.17) is 5.11 Å². The van der Waals surface area contributed by atoms with Gasteiger partial charge in [0.2, 0.25) is 0 Å². The van der Waals surface area contributed by atoms with Gasteiger partial charge in [-0.05, 0) is 19.9 Å². The average Bonchev–Trinajstić information content (AvgIpc) is 2.65. The molecule has 0 radical (unpaired) electrons. The third-order valence-electron chi connectivity index (χ3n) is 2.18. The van der Waals surface area contributed by atoms with Crippen molar-refractivity contribution in [2.24, 2.45) is 0 Å². The molecule has 0 aliphatic carbocycles. The molecule has 0 saturated heterocycles. The van der Waals surface area contributed by atoms with E-state index in [1.165, 1.54) is 22.8 Å². The molecule has 1 aromatic rings. The van der Waals surface area contributed by atoms with Gasteiger partial charge < -0.3 is 5.11 Å². The van der Waals surface area contributed by atoms with E-state index in [0.29, 0.717) is 0 Å². The van der Waals surface area contributed by atoms with Gasteiger partial charge in [0.1, 0.15) is 4.21 Å². The van der Waals surface area contributed by atoms with E-state index in [-0.39, 0.29) is 15.8 Å². The monoisotopic (exact) mass is 263 g/mol. The first kappa shape index (κ1) is 13.1. The molecule has 0 saturated carbocycles. The van der Waals surface area contributed by atoms with Gasteiger partial charge in [-0.2, -0.15) is 4.31 Å². The van der Waals surface area contributed by atoms with Crippen molar-refractivity contribution in [2.45, 2.75) is 24.1 Å². The number of hydrogen-bond acceptors (Lipinski definition) is 4. The van der Waals surface area contributed by atoms with Crippen LogP contribution in [-0.4, -0.2) is 36.9 Å². The summed E-state index contributed by atoms with van der Waals surface area (Å²) in [4.78, 5) is 10.6. The highest BCUT2D eigenvalue weighted by Gasteiger charge is 2.25. The molecule has 0 fully saturated rings. The van der Waals surface area contributed by atoms with E-state index in [0.717, 1.165) is 11.3 Å². The second-order valence-electron chi connectivity index (χ2n) is 3.57. The number of sulfonamides is 1. The highest BCUT2D eigenvalue weighted by molar-refractivity contribution is 7.91. The van der Waals surface area contributed by atoms with Gasteiger partial charge in [0.05, 0.1) is 5.56 Å². The zero-order chi connectivity index (χ0) is 12.5. The Labute approximate surface area is 98.4 Å². The van der Waals surface area contributed by atoms with E-state index in [1.54, 1.807) is 13.8 Å². The zero-order valence-corrected chi connectivity index (χ0v) is 10.8. The molecule has 0 spiro atoms.